The van der Waals surface area contributed by atoms with Gasteiger partial charge in [0.05, 0.1) is 23.9 Å². The van der Waals surface area contributed by atoms with E-state index >= 15 is 0 Å². The highest BCUT2D eigenvalue weighted by Crippen LogP contribution is 2.34. The van der Waals surface area contributed by atoms with Crippen LogP contribution in [0.4, 0.5) is 0 Å². The van der Waals surface area contributed by atoms with Gasteiger partial charge < -0.3 is 9.52 Å². The fourth-order valence-corrected chi connectivity index (χ4v) is 4.47. The van der Waals surface area contributed by atoms with Crippen molar-refractivity contribution in [3.05, 3.63) is 119 Å². The Kier molecular flexibility index (Phi) is 6.59. The van der Waals surface area contributed by atoms with Crippen LogP contribution in [0.3, 0.4) is 0 Å². The highest BCUT2D eigenvalue weighted by atomic mass is 32.2. The second kappa shape index (κ2) is 10.3. The van der Waals surface area contributed by atoms with E-state index in [4.69, 9.17) is 4.42 Å². The molecule has 35 heavy (non-hydrogen) atoms. The molecule has 3 aromatic carbocycles. The molecule has 172 valence electrons. The molecule has 1 saturated heterocycles. The average Bonchev–Trinajstić information content (AvgIpc) is 3.51. The third-order valence-electron chi connectivity index (χ3n) is 5.34. The topological polar surface area (TPSA) is 78.4 Å². The number of amidine groups is 1. The van der Waals surface area contributed by atoms with Crippen LogP contribution in [0.25, 0.3) is 17.2 Å². The molecule has 0 unspecified atom stereocenters. The predicted molar refractivity (Wildman–Crippen MR) is 140 cm³/mol. The van der Waals surface area contributed by atoms with Crippen molar-refractivity contribution in [1.29, 1.82) is 0 Å². The largest absolute Gasteiger partial charge is 0.508 e. The summed E-state index contributed by atoms with van der Waals surface area (Å²) >= 11 is 1.25. The second-order valence-corrected chi connectivity index (χ2v) is 8.80. The summed E-state index contributed by atoms with van der Waals surface area (Å²) in [4.78, 5) is 15.2. The van der Waals surface area contributed by atoms with Crippen molar-refractivity contribution in [2.24, 2.45) is 10.2 Å². The van der Waals surface area contributed by atoms with E-state index in [2.05, 4.69) is 22.3 Å². The minimum Gasteiger partial charge on any atom is -0.508 e. The number of carbonyl (C=O) groups excluding carboxylic acids is 1. The lowest BCUT2D eigenvalue weighted by Gasteiger charge is -2.12. The van der Waals surface area contributed by atoms with Crippen LogP contribution in [-0.2, 0) is 11.3 Å². The first-order chi connectivity index (χ1) is 17.2. The molecule has 0 spiro atoms. The van der Waals surface area contributed by atoms with Gasteiger partial charge in [0.1, 0.15) is 11.5 Å². The first-order valence-electron chi connectivity index (χ1n) is 10.9. The Balaban J connectivity index is 1.37. The summed E-state index contributed by atoms with van der Waals surface area (Å²) in [6.45, 7) is 0.256. The molecule has 0 aliphatic carbocycles. The van der Waals surface area contributed by atoms with Gasteiger partial charge in [-0.05, 0) is 64.4 Å². The molecule has 4 aromatic rings. The molecule has 0 saturated carbocycles. The van der Waals surface area contributed by atoms with Crippen LogP contribution >= 0.6 is 11.8 Å². The van der Waals surface area contributed by atoms with Gasteiger partial charge in [-0.1, -0.05) is 66.7 Å². The molecule has 1 aromatic heterocycles. The molecule has 0 bridgehead atoms. The zero-order valence-electron chi connectivity index (χ0n) is 18.6. The minimum atomic E-state index is -0.180. The number of hydrogen-bond acceptors (Lipinski definition) is 6. The number of carbonyl (C=O) groups is 1. The maximum absolute atomic E-state index is 13.1. The smallest absolute Gasteiger partial charge is 0.267 e. The van der Waals surface area contributed by atoms with Gasteiger partial charge in [-0.2, -0.15) is 5.10 Å². The van der Waals surface area contributed by atoms with Gasteiger partial charge in [0.25, 0.3) is 5.91 Å². The third kappa shape index (κ3) is 5.42. The molecule has 1 aliphatic heterocycles. The highest BCUT2D eigenvalue weighted by Gasteiger charge is 2.34. The van der Waals surface area contributed by atoms with Gasteiger partial charge in [0.15, 0.2) is 5.17 Å². The lowest BCUT2D eigenvalue weighted by Crippen LogP contribution is -2.28. The van der Waals surface area contributed by atoms with Gasteiger partial charge in [-0.25, -0.2) is 0 Å². The van der Waals surface area contributed by atoms with E-state index in [0.29, 0.717) is 15.8 Å². The van der Waals surface area contributed by atoms with Crippen molar-refractivity contribution in [2.75, 3.05) is 0 Å². The van der Waals surface area contributed by atoms with Crippen molar-refractivity contribution in [1.82, 2.24) is 4.90 Å². The summed E-state index contributed by atoms with van der Waals surface area (Å²) in [6, 6.07) is 28.5. The second-order valence-electron chi connectivity index (χ2n) is 7.79. The van der Waals surface area contributed by atoms with E-state index in [0.717, 1.165) is 22.3 Å². The van der Waals surface area contributed by atoms with Crippen molar-refractivity contribution in [3.8, 4) is 16.9 Å². The number of thioether (sulfide) groups is 1. The number of benzene rings is 3. The van der Waals surface area contributed by atoms with E-state index < -0.39 is 0 Å². The fraction of sp³-hybridized carbons (Fsp3) is 0.0357. The van der Waals surface area contributed by atoms with Gasteiger partial charge in [0.2, 0.25) is 0 Å². The lowest BCUT2D eigenvalue weighted by atomic mass is 10.0. The van der Waals surface area contributed by atoms with Gasteiger partial charge >= 0.3 is 0 Å². The van der Waals surface area contributed by atoms with E-state index in [9.17, 15) is 9.90 Å². The standard InChI is InChI=1S/C28H21N3O3S/c32-24-14-10-20(11-15-24)17-26-27(33)31(19-25-7-4-16-34-25)28(35-26)30-29-18-21-8-12-23(13-9-21)22-5-2-1-3-6-22/h1-18,32H,19H2/b26-17-,29-18-,30-28+. The van der Waals surface area contributed by atoms with E-state index in [1.807, 2.05) is 48.5 Å². The van der Waals surface area contributed by atoms with Gasteiger partial charge in [-0.3, -0.25) is 9.69 Å². The zero-order valence-corrected chi connectivity index (χ0v) is 19.4. The molecule has 0 radical (unpaired) electrons. The molecule has 1 N–H and O–H groups in total. The van der Waals surface area contributed by atoms with Gasteiger partial charge in [-0.15, -0.1) is 5.10 Å². The molecular formula is C28H21N3O3S. The third-order valence-corrected chi connectivity index (χ3v) is 6.34. The van der Waals surface area contributed by atoms with Crippen LogP contribution in [0.15, 0.2) is 117 Å². The van der Waals surface area contributed by atoms with Crippen molar-refractivity contribution in [3.63, 3.8) is 0 Å². The fourth-order valence-electron chi connectivity index (χ4n) is 3.54. The molecule has 5 rings (SSSR count). The summed E-state index contributed by atoms with van der Waals surface area (Å²) < 4.78 is 5.44. The summed E-state index contributed by atoms with van der Waals surface area (Å²) in [5.74, 6) is 0.643. The molecule has 1 fully saturated rings. The zero-order chi connectivity index (χ0) is 24.0. The van der Waals surface area contributed by atoms with Crippen molar-refractivity contribution < 1.29 is 14.3 Å². The summed E-state index contributed by atoms with van der Waals surface area (Å²) in [7, 11) is 0. The Morgan fingerprint density at radius 2 is 1.57 bits per heavy atom. The van der Waals surface area contributed by atoms with Crippen LogP contribution in [0.1, 0.15) is 16.9 Å². The summed E-state index contributed by atoms with van der Waals surface area (Å²) in [6.07, 6.45) is 5.01. The number of phenols is 1. The summed E-state index contributed by atoms with van der Waals surface area (Å²) in [5.41, 5.74) is 3.99. The van der Waals surface area contributed by atoms with E-state index in [1.165, 1.54) is 11.8 Å². The van der Waals surface area contributed by atoms with Crippen LogP contribution in [0.2, 0.25) is 0 Å². The van der Waals surface area contributed by atoms with Gasteiger partial charge in [0, 0.05) is 0 Å². The normalized spacial score (nSPS) is 16.1. The Hall–Kier alpha value is -4.36. The van der Waals surface area contributed by atoms with E-state index in [1.54, 1.807) is 53.8 Å². The Morgan fingerprint density at radius 3 is 2.29 bits per heavy atom. The number of hydrogen-bond donors (Lipinski definition) is 1. The molecule has 7 heteroatoms. The first kappa shape index (κ1) is 22.4. The Bertz CT molecular complexity index is 1390. The van der Waals surface area contributed by atoms with E-state index in [-0.39, 0.29) is 18.2 Å². The SMILES string of the molecule is O=C1/C(=C/c2ccc(O)cc2)S/C(=N/N=C\c2ccc(-c3ccccc3)cc2)N1Cc1ccco1. The quantitative estimate of drug-likeness (QED) is 0.204. The molecule has 1 amide bonds. The number of aromatic hydroxyl groups is 1. The minimum absolute atomic E-state index is 0.172. The molecule has 6 nitrogen and oxygen atoms in total. The molecule has 2 heterocycles. The number of furan rings is 1. The molecular weight excluding hydrogens is 458 g/mol. The monoisotopic (exact) mass is 479 g/mol. The number of rotatable bonds is 6. The Labute approximate surface area is 206 Å². The Morgan fingerprint density at radius 1 is 0.857 bits per heavy atom. The number of nitrogens with zero attached hydrogens (tertiary/aromatic N) is 3. The maximum atomic E-state index is 13.1. The average molecular weight is 480 g/mol. The van der Waals surface area contributed by atoms with Crippen molar-refractivity contribution in [2.45, 2.75) is 6.54 Å². The van der Waals surface area contributed by atoms with Crippen LogP contribution in [-0.4, -0.2) is 27.3 Å². The summed E-state index contributed by atoms with van der Waals surface area (Å²) in [5, 5.41) is 18.6. The maximum Gasteiger partial charge on any atom is 0.267 e. The molecule has 0 atom stereocenters. The van der Waals surface area contributed by atoms with Crippen LogP contribution < -0.4 is 0 Å². The van der Waals surface area contributed by atoms with Crippen LogP contribution in [0.5, 0.6) is 5.75 Å². The van der Waals surface area contributed by atoms with Crippen molar-refractivity contribution >= 4 is 35.1 Å². The highest BCUT2D eigenvalue weighted by molar-refractivity contribution is 8.18. The molecule has 1 aliphatic rings. The predicted octanol–water partition coefficient (Wildman–Crippen LogP) is 6.16. The number of phenolic OH excluding ortho intramolecular Hbond substituents is 1. The first-order valence-corrected chi connectivity index (χ1v) is 11.8. The van der Waals surface area contributed by atoms with Crippen LogP contribution in [0, 0.1) is 0 Å². The lowest BCUT2D eigenvalue weighted by molar-refractivity contribution is -0.122. The number of amides is 1.